The van der Waals surface area contributed by atoms with Crippen molar-refractivity contribution in [2.24, 2.45) is 0 Å². The van der Waals surface area contributed by atoms with Gasteiger partial charge in [-0.1, -0.05) is 32.1 Å². The second kappa shape index (κ2) is 8.82. The first kappa shape index (κ1) is 16.8. The number of urea groups is 1. The van der Waals surface area contributed by atoms with Gasteiger partial charge in [-0.3, -0.25) is 4.79 Å². The summed E-state index contributed by atoms with van der Waals surface area (Å²) in [6, 6.07) is -0.0695. The van der Waals surface area contributed by atoms with Crippen molar-refractivity contribution in [2.75, 3.05) is 6.54 Å². The summed E-state index contributed by atoms with van der Waals surface area (Å²) in [5.41, 5.74) is -0.0379. The number of nitrogens with one attached hydrogen (secondary N) is 2. The molecule has 3 N–H and O–H groups in total. The number of carboxylic acid groups (broad SMARTS) is 1. The van der Waals surface area contributed by atoms with Gasteiger partial charge in [-0.25, -0.2) is 4.79 Å². The van der Waals surface area contributed by atoms with Crippen LogP contribution in [0.4, 0.5) is 4.79 Å². The van der Waals surface area contributed by atoms with Gasteiger partial charge in [0.15, 0.2) is 0 Å². The Morgan fingerprint density at radius 3 is 2.35 bits per heavy atom. The number of rotatable bonds is 8. The summed E-state index contributed by atoms with van der Waals surface area (Å²) < 4.78 is 0. The minimum Gasteiger partial charge on any atom is -0.481 e. The van der Waals surface area contributed by atoms with Crippen LogP contribution in [0.3, 0.4) is 0 Å². The second-order valence-corrected chi connectivity index (χ2v) is 6.06. The van der Waals surface area contributed by atoms with Gasteiger partial charge in [0.2, 0.25) is 0 Å². The molecule has 0 atom stereocenters. The normalized spacial score (nSPS) is 17.4. The standard InChI is InChI=1S/C15H28N2O3/c1-15(10-6-4-7-11-15)17-14(20)16-12-8-3-2-5-9-13(18)19/h2-12H2,1H3,(H,18,19)(H2,16,17,20). The van der Waals surface area contributed by atoms with Gasteiger partial charge in [-0.05, 0) is 32.6 Å². The van der Waals surface area contributed by atoms with Gasteiger partial charge in [0.05, 0.1) is 0 Å². The van der Waals surface area contributed by atoms with Crippen LogP contribution in [0.25, 0.3) is 0 Å². The molecule has 0 aromatic heterocycles. The zero-order valence-electron chi connectivity index (χ0n) is 12.5. The summed E-state index contributed by atoms with van der Waals surface area (Å²) in [5, 5.41) is 14.5. The fraction of sp³-hybridized carbons (Fsp3) is 0.867. The molecule has 1 fully saturated rings. The van der Waals surface area contributed by atoms with Crippen molar-refractivity contribution in [3.63, 3.8) is 0 Å². The molecule has 0 bridgehead atoms. The molecule has 0 radical (unpaired) electrons. The summed E-state index contributed by atoms with van der Waals surface area (Å²) >= 11 is 0. The van der Waals surface area contributed by atoms with Crippen molar-refractivity contribution in [1.29, 1.82) is 0 Å². The van der Waals surface area contributed by atoms with Crippen LogP contribution in [0.15, 0.2) is 0 Å². The van der Waals surface area contributed by atoms with Crippen molar-refractivity contribution < 1.29 is 14.7 Å². The van der Waals surface area contributed by atoms with Gasteiger partial charge in [-0.2, -0.15) is 0 Å². The molecule has 1 saturated carbocycles. The van der Waals surface area contributed by atoms with Gasteiger partial charge >= 0.3 is 12.0 Å². The average molecular weight is 284 g/mol. The maximum absolute atomic E-state index is 11.8. The third-order valence-electron chi connectivity index (χ3n) is 3.98. The minimum absolute atomic E-state index is 0.0379. The predicted molar refractivity (Wildman–Crippen MR) is 78.7 cm³/mol. The van der Waals surface area contributed by atoms with Gasteiger partial charge in [-0.15, -0.1) is 0 Å². The van der Waals surface area contributed by atoms with E-state index in [0.29, 0.717) is 6.54 Å². The van der Waals surface area contributed by atoms with Gasteiger partial charge in [0, 0.05) is 18.5 Å². The van der Waals surface area contributed by atoms with E-state index in [-0.39, 0.29) is 18.0 Å². The van der Waals surface area contributed by atoms with Crippen LogP contribution in [0.1, 0.15) is 71.1 Å². The largest absolute Gasteiger partial charge is 0.481 e. The van der Waals surface area contributed by atoms with Crippen LogP contribution >= 0.6 is 0 Å². The molecule has 20 heavy (non-hydrogen) atoms. The van der Waals surface area contributed by atoms with Crippen molar-refractivity contribution in [2.45, 2.75) is 76.7 Å². The maximum atomic E-state index is 11.8. The minimum atomic E-state index is -0.733. The van der Waals surface area contributed by atoms with E-state index < -0.39 is 5.97 Å². The van der Waals surface area contributed by atoms with E-state index >= 15 is 0 Å². The molecule has 0 spiro atoms. The predicted octanol–water partition coefficient (Wildman–Crippen LogP) is 3.04. The molecule has 0 heterocycles. The smallest absolute Gasteiger partial charge is 0.315 e. The quantitative estimate of drug-likeness (QED) is 0.599. The van der Waals surface area contributed by atoms with Crippen LogP contribution in [0.5, 0.6) is 0 Å². The fourth-order valence-corrected chi connectivity index (χ4v) is 2.73. The molecule has 0 aromatic rings. The number of aliphatic carboxylic acids is 1. The molecule has 1 aliphatic carbocycles. The Kier molecular flexibility index (Phi) is 7.41. The molecule has 0 saturated heterocycles. The van der Waals surface area contributed by atoms with Crippen LogP contribution in [-0.4, -0.2) is 29.2 Å². The van der Waals surface area contributed by atoms with Crippen molar-refractivity contribution >= 4 is 12.0 Å². The Morgan fingerprint density at radius 2 is 1.70 bits per heavy atom. The van der Waals surface area contributed by atoms with Crippen molar-refractivity contribution in [1.82, 2.24) is 10.6 Å². The number of hydrogen-bond acceptors (Lipinski definition) is 2. The Morgan fingerprint density at radius 1 is 1.05 bits per heavy atom. The first-order chi connectivity index (χ1) is 9.52. The number of hydrogen-bond donors (Lipinski definition) is 3. The Hall–Kier alpha value is -1.26. The Bertz CT molecular complexity index is 312. The number of carboxylic acids is 1. The molecular formula is C15H28N2O3. The summed E-state index contributed by atoms with van der Waals surface area (Å²) in [7, 11) is 0. The molecular weight excluding hydrogens is 256 g/mol. The summed E-state index contributed by atoms with van der Waals surface area (Å²) in [5.74, 6) is -0.733. The van der Waals surface area contributed by atoms with Crippen LogP contribution < -0.4 is 10.6 Å². The summed E-state index contributed by atoms with van der Waals surface area (Å²) in [6.45, 7) is 2.78. The van der Waals surface area contributed by atoms with Crippen LogP contribution in [0, 0.1) is 0 Å². The van der Waals surface area contributed by atoms with E-state index in [1.807, 2.05) is 0 Å². The molecule has 0 aliphatic heterocycles. The highest BCUT2D eigenvalue weighted by Gasteiger charge is 2.27. The monoisotopic (exact) mass is 284 g/mol. The SMILES string of the molecule is CC1(NC(=O)NCCCCCCC(=O)O)CCCCC1. The lowest BCUT2D eigenvalue weighted by atomic mass is 9.83. The van der Waals surface area contributed by atoms with Gasteiger partial charge < -0.3 is 15.7 Å². The lowest BCUT2D eigenvalue weighted by molar-refractivity contribution is -0.137. The van der Waals surface area contributed by atoms with E-state index in [2.05, 4.69) is 17.6 Å². The van der Waals surface area contributed by atoms with Crippen molar-refractivity contribution in [3.8, 4) is 0 Å². The fourth-order valence-electron chi connectivity index (χ4n) is 2.73. The van der Waals surface area contributed by atoms with Crippen molar-refractivity contribution in [3.05, 3.63) is 0 Å². The van der Waals surface area contributed by atoms with Crippen LogP contribution in [0.2, 0.25) is 0 Å². The van der Waals surface area contributed by atoms with Crippen LogP contribution in [-0.2, 0) is 4.79 Å². The maximum Gasteiger partial charge on any atom is 0.315 e. The highest BCUT2D eigenvalue weighted by molar-refractivity contribution is 5.74. The number of amides is 2. The van der Waals surface area contributed by atoms with E-state index in [9.17, 15) is 9.59 Å². The van der Waals surface area contributed by atoms with E-state index in [1.54, 1.807) is 0 Å². The molecule has 5 heteroatoms. The number of carbonyl (C=O) groups is 2. The summed E-state index contributed by atoms with van der Waals surface area (Å²) in [4.78, 5) is 22.1. The highest BCUT2D eigenvalue weighted by atomic mass is 16.4. The third-order valence-corrected chi connectivity index (χ3v) is 3.98. The number of carbonyl (C=O) groups excluding carboxylic acids is 1. The van der Waals surface area contributed by atoms with Gasteiger partial charge in [0.1, 0.15) is 0 Å². The molecule has 0 unspecified atom stereocenters. The molecule has 5 nitrogen and oxygen atoms in total. The molecule has 116 valence electrons. The first-order valence-corrected chi connectivity index (χ1v) is 7.80. The topological polar surface area (TPSA) is 78.4 Å². The summed E-state index contributed by atoms with van der Waals surface area (Å²) in [6.07, 6.45) is 9.54. The highest BCUT2D eigenvalue weighted by Crippen LogP contribution is 2.27. The van der Waals surface area contributed by atoms with E-state index in [4.69, 9.17) is 5.11 Å². The Labute approximate surface area is 121 Å². The van der Waals surface area contributed by atoms with E-state index in [1.165, 1.54) is 19.3 Å². The lowest BCUT2D eigenvalue weighted by Crippen LogP contribution is -2.51. The average Bonchev–Trinajstić information content (AvgIpc) is 2.37. The zero-order chi connectivity index (χ0) is 14.8. The van der Waals surface area contributed by atoms with Gasteiger partial charge in [0.25, 0.3) is 0 Å². The lowest BCUT2D eigenvalue weighted by Gasteiger charge is -2.34. The third kappa shape index (κ3) is 7.36. The molecule has 0 aromatic carbocycles. The first-order valence-electron chi connectivity index (χ1n) is 7.80. The zero-order valence-corrected chi connectivity index (χ0v) is 12.5. The molecule has 2 amide bonds. The van der Waals surface area contributed by atoms with E-state index in [0.717, 1.165) is 38.5 Å². The molecule has 1 aliphatic rings. The number of unbranched alkanes of at least 4 members (excludes halogenated alkanes) is 3. The second-order valence-electron chi connectivity index (χ2n) is 6.06. The molecule has 1 rings (SSSR count). The Balaban J connectivity index is 2.01.